The zero-order chi connectivity index (χ0) is 13.2. The highest BCUT2D eigenvalue weighted by Crippen LogP contribution is 2.40. The van der Waals surface area contributed by atoms with Crippen LogP contribution in [0.4, 0.5) is 18.9 Å². The standard InChI is InChI=1S/C8H5BrClF3N2O2/c1-3(16)15-4-2-14-7(10)5(9)6(4)17-8(11,12)13/h2H,1H3,(H,15,16). The van der Waals surface area contributed by atoms with Crippen LogP contribution in [-0.4, -0.2) is 17.3 Å². The minimum atomic E-state index is -4.90. The van der Waals surface area contributed by atoms with Crippen LogP contribution in [0.15, 0.2) is 10.7 Å². The number of alkyl halides is 3. The lowest BCUT2D eigenvalue weighted by Gasteiger charge is -2.15. The number of hydrogen-bond acceptors (Lipinski definition) is 3. The highest BCUT2D eigenvalue weighted by molar-refractivity contribution is 9.10. The van der Waals surface area contributed by atoms with Gasteiger partial charge >= 0.3 is 6.36 Å². The lowest BCUT2D eigenvalue weighted by molar-refractivity contribution is -0.274. The van der Waals surface area contributed by atoms with Gasteiger partial charge in [-0.1, -0.05) is 11.6 Å². The zero-order valence-corrected chi connectivity index (χ0v) is 10.6. The molecule has 0 aliphatic carbocycles. The number of hydrogen-bond donors (Lipinski definition) is 1. The number of nitrogens with zero attached hydrogens (tertiary/aromatic N) is 1. The fourth-order valence-corrected chi connectivity index (χ4v) is 1.47. The van der Waals surface area contributed by atoms with E-state index in [-0.39, 0.29) is 15.3 Å². The smallest absolute Gasteiger partial charge is 0.402 e. The third-order valence-corrected chi connectivity index (χ3v) is 2.71. The normalized spacial score (nSPS) is 11.2. The molecular formula is C8H5BrClF3N2O2. The van der Waals surface area contributed by atoms with Crippen LogP contribution in [-0.2, 0) is 4.79 Å². The Labute approximate surface area is 107 Å². The Morgan fingerprint density at radius 3 is 2.65 bits per heavy atom. The fourth-order valence-electron chi connectivity index (χ4n) is 0.943. The number of aromatic nitrogens is 1. The number of halogens is 5. The van der Waals surface area contributed by atoms with Crippen molar-refractivity contribution in [3.05, 3.63) is 15.8 Å². The average Bonchev–Trinajstić information content (AvgIpc) is 2.15. The Balaban J connectivity index is 3.21. The summed E-state index contributed by atoms with van der Waals surface area (Å²) in [7, 11) is 0. The first kappa shape index (κ1) is 14.0. The first-order chi connectivity index (χ1) is 7.70. The lowest BCUT2D eigenvalue weighted by atomic mass is 10.3. The van der Waals surface area contributed by atoms with Crippen molar-refractivity contribution in [2.45, 2.75) is 13.3 Å². The summed E-state index contributed by atoms with van der Waals surface area (Å²) in [4.78, 5) is 14.4. The highest BCUT2D eigenvalue weighted by Gasteiger charge is 2.34. The zero-order valence-electron chi connectivity index (χ0n) is 8.23. The van der Waals surface area contributed by atoms with Crippen molar-refractivity contribution < 1.29 is 22.7 Å². The van der Waals surface area contributed by atoms with E-state index >= 15 is 0 Å². The number of amides is 1. The summed E-state index contributed by atoms with van der Waals surface area (Å²) in [6, 6.07) is 0. The van der Waals surface area contributed by atoms with Crippen LogP contribution in [0.5, 0.6) is 5.75 Å². The molecule has 0 unspecified atom stereocenters. The van der Waals surface area contributed by atoms with Gasteiger partial charge in [0.1, 0.15) is 10.8 Å². The largest absolute Gasteiger partial charge is 0.573 e. The topological polar surface area (TPSA) is 51.2 Å². The maximum absolute atomic E-state index is 12.2. The monoisotopic (exact) mass is 332 g/mol. The predicted octanol–water partition coefficient (Wildman–Crippen LogP) is 3.35. The highest BCUT2D eigenvalue weighted by atomic mass is 79.9. The van der Waals surface area contributed by atoms with Gasteiger partial charge in [0, 0.05) is 6.92 Å². The first-order valence-corrected chi connectivity index (χ1v) is 5.25. The van der Waals surface area contributed by atoms with Crippen LogP contribution in [0.2, 0.25) is 5.15 Å². The Hall–Kier alpha value is -1.02. The maximum Gasteiger partial charge on any atom is 0.573 e. The van der Waals surface area contributed by atoms with E-state index in [9.17, 15) is 18.0 Å². The van der Waals surface area contributed by atoms with Gasteiger partial charge in [-0.3, -0.25) is 4.79 Å². The molecule has 0 aliphatic heterocycles. The van der Waals surface area contributed by atoms with Crippen molar-refractivity contribution in [2.24, 2.45) is 0 Å². The number of carbonyl (C=O) groups is 1. The van der Waals surface area contributed by atoms with Crippen LogP contribution in [0, 0.1) is 0 Å². The van der Waals surface area contributed by atoms with Gasteiger partial charge < -0.3 is 10.1 Å². The minimum absolute atomic E-state index is 0.192. The van der Waals surface area contributed by atoms with Gasteiger partial charge in [-0.15, -0.1) is 13.2 Å². The number of rotatable bonds is 2. The molecule has 0 radical (unpaired) electrons. The van der Waals surface area contributed by atoms with E-state index < -0.39 is 18.0 Å². The lowest BCUT2D eigenvalue weighted by Crippen LogP contribution is -2.19. The van der Waals surface area contributed by atoms with Crippen LogP contribution >= 0.6 is 27.5 Å². The molecule has 0 atom stereocenters. The molecule has 1 aromatic rings. The molecule has 0 aromatic carbocycles. The number of anilines is 1. The number of pyridine rings is 1. The molecule has 1 amide bonds. The molecule has 0 aliphatic rings. The van der Waals surface area contributed by atoms with Crippen LogP contribution in [0.1, 0.15) is 6.92 Å². The Kier molecular flexibility index (Phi) is 4.21. The molecule has 17 heavy (non-hydrogen) atoms. The van der Waals surface area contributed by atoms with Gasteiger partial charge in [0.15, 0.2) is 5.75 Å². The second-order valence-corrected chi connectivity index (χ2v) is 3.99. The van der Waals surface area contributed by atoms with E-state index in [0.29, 0.717) is 0 Å². The summed E-state index contributed by atoms with van der Waals surface area (Å²) in [6.07, 6.45) is -3.93. The van der Waals surface area contributed by atoms with Crippen molar-refractivity contribution >= 4 is 39.1 Å². The molecule has 94 valence electrons. The SMILES string of the molecule is CC(=O)Nc1cnc(Cl)c(Br)c1OC(F)(F)F. The van der Waals surface area contributed by atoms with Crippen LogP contribution in [0.25, 0.3) is 0 Å². The Morgan fingerprint density at radius 2 is 2.18 bits per heavy atom. The maximum atomic E-state index is 12.2. The summed E-state index contributed by atoms with van der Waals surface area (Å²) >= 11 is 8.34. The van der Waals surface area contributed by atoms with Crippen molar-refractivity contribution in [3.63, 3.8) is 0 Å². The molecule has 1 heterocycles. The van der Waals surface area contributed by atoms with E-state index in [1.807, 2.05) is 0 Å². The second kappa shape index (κ2) is 5.09. The fraction of sp³-hybridized carbons (Fsp3) is 0.250. The third kappa shape index (κ3) is 4.04. The molecule has 1 N–H and O–H groups in total. The van der Waals surface area contributed by atoms with E-state index in [4.69, 9.17) is 11.6 Å². The third-order valence-electron chi connectivity index (χ3n) is 1.46. The van der Waals surface area contributed by atoms with Crippen molar-refractivity contribution in [2.75, 3.05) is 5.32 Å². The van der Waals surface area contributed by atoms with Gasteiger partial charge in [-0.2, -0.15) is 0 Å². The minimum Gasteiger partial charge on any atom is -0.402 e. The van der Waals surface area contributed by atoms with Gasteiger partial charge in [0.25, 0.3) is 0 Å². The molecule has 9 heteroatoms. The molecule has 1 rings (SSSR count). The Morgan fingerprint density at radius 1 is 1.59 bits per heavy atom. The molecular weight excluding hydrogens is 328 g/mol. The van der Waals surface area contributed by atoms with Crippen LogP contribution < -0.4 is 10.1 Å². The van der Waals surface area contributed by atoms with Crippen molar-refractivity contribution in [3.8, 4) is 5.75 Å². The van der Waals surface area contributed by atoms with E-state index in [2.05, 4.69) is 31.0 Å². The molecule has 0 spiro atoms. The molecule has 0 bridgehead atoms. The summed E-state index contributed by atoms with van der Waals surface area (Å²) in [5.74, 6) is -1.21. The molecule has 1 aromatic heterocycles. The molecule has 0 fully saturated rings. The van der Waals surface area contributed by atoms with E-state index in [1.54, 1.807) is 0 Å². The Bertz CT molecular complexity index is 453. The summed E-state index contributed by atoms with van der Waals surface area (Å²) in [5, 5.41) is 1.94. The average molecular weight is 333 g/mol. The van der Waals surface area contributed by atoms with Crippen molar-refractivity contribution in [1.82, 2.24) is 4.98 Å². The van der Waals surface area contributed by atoms with E-state index in [0.717, 1.165) is 13.1 Å². The number of carbonyl (C=O) groups excluding carboxylic acids is 1. The first-order valence-electron chi connectivity index (χ1n) is 4.08. The van der Waals surface area contributed by atoms with Gasteiger partial charge in [0.05, 0.1) is 10.7 Å². The van der Waals surface area contributed by atoms with E-state index in [1.165, 1.54) is 0 Å². The number of nitrogens with one attached hydrogen (secondary N) is 1. The molecule has 0 saturated heterocycles. The predicted molar refractivity (Wildman–Crippen MR) is 57.9 cm³/mol. The van der Waals surface area contributed by atoms with Gasteiger partial charge in [0.2, 0.25) is 5.91 Å². The second-order valence-electron chi connectivity index (χ2n) is 2.83. The van der Waals surface area contributed by atoms with Gasteiger partial charge in [-0.05, 0) is 15.9 Å². The summed E-state index contributed by atoms with van der Waals surface area (Å²) in [5.41, 5.74) is -0.230. The molecule has 4 nitrogen and oxygen atoms in total. The van der Waals surface area contributed by atoms with Gasteiger partial charge in [-0.25, -0.2) is 4.98 Å². The van der Waals surface area contributed by atoms with Crippen molar-refractivity contribution in [1.29, 1.82) is 0 Å². The summed E-state index contributed by atoms with van der Waals surface area (Å²) < 4.78 is 40.0. The quantitative estimate of drug-likeness (QED) is 0.845. The summed E-state index contributed by atoms with van der Waals surface area (Å²) in [6.45, 7) is 1.14. The number of ether oxygens (including phenoxy) is 1. The van der Waals surface area contributed by atoms with Crippen LogP contribution in [0.3, 0.4) is 0 Å². The molecule has 0 saturated carbocycles.